The molecule has 0 N–H and O–H groups in total. The van der Waals surface area contributed by atoms with Crippen molar-refractivity contribution >= 4 is 38.1 Å². The van der Waals surface area contributed by atoms with Gasteiger partial charge in [-0.3, -0.25) is 14.3 Å². The number of nitro benzene ring substituents is 1. The summed E-state index contributed by atoms with van der Waals surface area (Å²) in [6.45, 7) is 1.45. The van der Waals surface area contributed by atoms with E-state index in [-0.39, 0.29) is 5.69 Å². The third kappa shape index (κ3) is 2.84. The Kier molecular flexibility index (Phi) is 3.78. The van der Waals surface area contributed by atoms with Crippen molar-refractivity contribution < 1.29 is 9.13 Å². The Balaban J connectivity index is 2.21. The summed E-state index contributed by atoms with van der Waals surface area (Å²) in [5.41, 5.74) is 0.994. The molecular weight excluding hydrogens is 308 g/mol. The summed E-state index contributed by atoms with van der Waals surface area (Å²) in [5, 5.41) is 10.6. The molecule has 0 unspecified atom stereocenters. The van der Waals surface area contributed by atoms with Gasteiger partial charge in [0, 0.05) is 52.0 Å². The minimum atomic E-state index is -0.718. The number of hydrogen-bond donors (Lipinski definition) is 0. The minimum absolute atomic E-state index is 0.0706. The van der Waals surface area contributed by atoms with Crippen LogP contribution in [0.15, 0.2) is 22.7 Å². The van der Waals surface area contributed by atoms with E-state index in [1.807, 2.05) is 0 Å². The molecule has 5 nitrogen and oxygen atoms in total. The lowest BCUT2D eigenvalue weighted by Gasteiger charge is -2.29. The van der Waals surface area contributed by atoms with Crippen molar-refractivity contribution in [2.45, 2.75) is 0 Å². The van der Waals surface area contributed by atoms with E-state index < -0.39 is 15.7 Å². The Bertz CT molecular complexity index is 471. The minimum Gasteiger partial charge on any atom is -0.369 e. The van der Waals surface area contributed by atoms with Crippen LogP contribution in [0.3, 0.4) is 0 Å². The van der Waals surface area contributed by atoms with Crippen LogP contribution < -0.4 is 4.90 Å². The van der Waals surface area contributed by atoms with Crippen LogP contribution in [0.4, 0.5) is 11.4 Å². The molecule has 0 saturated carbocycles. The van der Waals surface area contributed by atoms with Crippen LogP contribution in [-0.2, 0) is 10.8 Å². The SMILES string of the molecule is O=[N+]([O-])c1ccc(N2CCS(=O)CC2)c(Br)c1. The van der Waals surface area contributed by atoms with Gasteiger partial charge in [0.1, 0.15) is 0 Å². The van der Waals surface area contributed by atoms with Gasteiger partial charge in [-0.15, -0.1) is 0 Å². The van der Waals surface area contributed by atoms with Crippen LogP contribution in [0.5, 0.6) is 0 Å². The molecule has 1 aliphatic rings. The zero-order chi connectivity index (χ0) is 12.4. The number of nitro groups is 1. The first-order valence-corrected chi connectivity index (χ1v) is 7.40. The van der Waals surface area contributed by atoms with Gasteiger partial charge in [-0.25, -0.2) is 0 Å². The maximum absolute atomic E-state index is 11.3. The van der Waals surface area contributed by atoms with Gasteiger partial charge in [0.25, 0.3) is 5.69 Å². The Morgan fingerprint density at radius 2 is 2.00 bits per heavy atom. The van der Waals surface area contributed by atoms with Crippen molar-refractivity contribution in [2.75, 3.05) is 29.5 Å². The third-order valence-electron chi connectivity index (χ3n) is 2.66. The zero-order valence-corrected chi connectivity index (χ0v) is 11.4. The first kappa shape index (κ1) is 12.5. The number of halogens is 1. The summed E-state index contributed by atoms with van der Waals surface area (Å²) in [5.74, 6) is 1.31. The molecule has 1 heterocycles. The highest BCUT2D eigenvalue weighted by Crippen LogP contribution is 2.30. The van der Waals surface area contributed by atoms with Crippen LogP contribution in [-0.4, -0.2) is 33.7 Å². The molecule has 0 spiro atoms. The number of hydrogen-bond acceptors (Lipinski definition) is 4. The summed E-state index contributed by atoms with van der Waals surface area (Å²) in [4.78, 5) is 12.3. The molecule has 1 aromatic carbocycles. The van der Waals surface area contributed by atoms with Gasteiger partial charge in [0.15, 0.2) is 0 Å². The molecule has 0 aromatic heterocycles. The number of benzene rings is 1. The lowest BCUT2D eigenvalue weighted by Crippen LogP contribution is -2.37. The Labute approximate surface area is 110 Å². The number of rotatable bonds is 2. The summed E-state index contributed by atoms with van der Waals surface area (Å²) in [7, 11) is -0.718. The molecule has 1 aliphatic heterocycles. The third-order valence-corrected chi connectivity index (χ3v) is 4.57. The topological polar surface area (TPSA) is 63.5 Å². The quantitative estimate of drug-likeness (QED) is 0.617. The molecule has 7 heteroatoms. The predicted molar refractivity (Wildman–Crippen MR) is 70.9 cm³/mol. The van der Waals surface area contributed by atoms with E-state index in [0.717, 1.165) is 18.8 Å². The Morgan fingerprint density at radius 1 is 1.35 bits per heavy atom. The van der Waals surface area contributed by atoms with Crippen LogP contribution in [0.1, 0.15) is 0 Å². The molecule has 1 saturated heterocycles. The van der Waals surface area contributed by atoms with Crippen LogP contribution in [0.25, 0.3) is 0 Å². The van der Waals surface area contributed by atoms with Crippen molar-refractivity contribution in [3.63, 3.8) is 0 Å². The van der Waals surface area contributed by atoms with Crippen molar-refractivity contribution in [2.24, 2.45) is 0 Å². The number of anilines is 1. The first-order chi connectivity index (χ1) is 8.08. The maximum Gasteiger partial charge on any atom is 0.270 e. The van der Waals surface area contributed by atoms with Gasteiger partial charge in [-0.1, -0.05) is 0 Å². The van der Waals surface area contributed by atoms with Crippen molar-refractivity contribution in [1.82, 2.24) is 0 Å². The Hall–Kier alpha value is -0.950. The monoisotopic (exact) mass is 318 g/mol. The van der Waals surface area contributed by atoms with Crippen LogP contribution in [0, 0.1) is 10.1 Å². The second kappa shape index (κ2) is 5.14. The fraction of sp³-hybridized carbons (Fsp3) is 0.400. The largest absolute Gasteiger partial charge is 0.369 e. The predicted octanol–water partition coefficient (Wildman–Crippen LogP) is 1.93. The molecule has 2 rings (SSSR count). The zero-order valence-electron chi connectivity index (χ0n) is 8.97. The van der Waals surface area contributed by atoms with E-state index in [9.17, 15) is 14.3 Å². The summed E-state index contributed by atoms with van der Waals surface area (Å²) in [6.07, 6.45) is 0. The average Bonchev–Trinajstić information content (AvgIpc) is 2.30. The summed E-state index contributed by atoms with van der Waals surface area (Å²) < 4.78 is 12.0. The van der Waals surface area contributed by atoms with Crippen molar-refractivity contribution in [1.29, 1.82) is 0 Å². The molecular formula is C10H11BrN2O3S. The molecule has 92 valence electrons. The van der Waals surface area contributed by atoms with Gasteiger partial charge in [-0.2, -0.15) is 0 Å². The molecule has 0 bridgehead atoms. The van der Waals surface area contributed by atoms with E-state index in [0.29, 0.717) is 16.0 Å². The molecule has 0 amide bonds. The standard InChI is InChI=1S/C10H11BrN2O3S/c11-9-7-8(13(14)15)1-2-10(9)12-3-5-17(16)6-4-12/h1-2,7H,3-6H2. The fourth-order valence-corrected chi connectivity index (χ4v) is 3.41. The first-order valence-electron chi connectivity index (χ1n) is 5.12. The molecule has 0 atom stereocenters. The summed E-state index contributed by atoms with van der Waals surface area (Å²) >= 11 is 3.34. The molecule has 1 aromatic rings. The molecule has 17 heavy (non-hydrogen) atoms. The van der Waals surface area contributed by atoms with Gasteiger partial charge < -0.3 is 4.90 Å². The normalized spacial score (nSPS) is 17.1. The van der Waals surface area contributed by atoms with E-state index >= 15 is 0 Å². The highest BCUT2D eigenvalue weighted by molar-refractivity contribution is 9.10. The maximum atomic E-state index is 11.3. The Morgan fingerprint density at radius 3 is 2.53 bits per heavy atom. The number of non-ortho nitro benzene ring substituents is 1. The molecule has 0 aliphatic carbocycles. The number of nitrogens with zero attached hydrogens (tertiary/aromatic N) is 2. The highest BCUT2D eigenvalue weighted by Gasteiger charge is 2.19. The van der Waals surface area contributed by atoms with Gasteiger partial charge in [0.2, 0.25) is 0 Å². The lowest BCUT2D eigenvalue weighted by atomic mass is 10.2. The second-order valence-electron chi connectivity index (χ2n) is 3.73. The second-order valence-corrected chi connectivity index (χ2v) is 6.28. The van der Waals surface area contributed by atoms with Gasteiger partial charge in [-0.05, 0) is 22.0 Å². The lowest BCUT2D eigenvalue weighted by molar-refractivity contribution is -0.384. The smallest absolute Gasteiger partial charge is 0.270 e. The van der Waals surface area contributed by atoms with E-state index in [1.165, 1.54) is 12.1 Å². The van der Waals surface area contributed by atoms with Crippen molar-refractivity contribution in [3.8, 4) is 0 Å². The van der Waals surface area contributed by atoms with Crippen LogP contribution >= 0.6 is 15.9 Å². The average molecular weight is 319 g/mol. The van der Waals surface area contributed by atoms with Crippen molar-refractivity contribution in [3.05, 3.63) is 32.8 Å². The fourth-order valence-electron chi connectivity index (χ4n) is 1.74. The van der Waals surface area contributed by atoms with E-state index in [4.69, 9.17) is 0 Å². The van der Waals surface area contributed by atoms with Gasteiger partial charge >= 0.3 is 0 Å². The van der Waals surface area contributed by atoms with E-state index in [2.05, 4.69) is 20.8 Å². The van der Waals surface area contributed by atoms with Gasteiger partial charge in [0.05, 0.1) is 10.6 Å². The highest BCUT2D eigenvalue weighted by atomic mass is 79.9. The molecule has 1 fully saturated rings. The molecule has 0 radical (unpaired) electrons. The van der Waals surface area contributed by atoms with Crippen LogP contribution in [0.2, 0.25) is 0 Å². The summed E-state index contributed by atoms with van der Waals surface area (Å²) in [6, 6.07) is 4.73. The van der Waals surface area contributed by atoms with E-state index in [1.54, 1.807) is 6.07 Å².